The molecule has 2 rings (SSSR count). The number of pyridine rings is 1. The first kappa shape index (κ1) is 12.1. The average molecular weight is 256 g/mol. The van der Waals surface area contributed by atoms with Crippen molar-refractivity contribution < 1.29 is 9.90 Å². The summed E-state index contributed by atoms with van der Waals surface area (Å²) in [5.74, 6) is -0.948. The van der Waals surface area contributed by atoms with Crippen LogP contribution in [0.25, 0.3) is 0 Å². The van der Waals surface area contributed by atoms with E-state index in [4.69, 9.17) is 10.4 Å². The van der Waals surface area contributed by atoms with Gasteiger partial charge in [0.25, 0.3) is 0 Å². The van der Waals surface area contributed by atoms with Gasteiger partial charge in [-0.05, 0) is 36.4 Å². The van der Waals surface area contributed by atoms with Crippen LogP contribution in [0.3, 0.4) is 0 Å². The Labute approximate surface area is 108 Å². The number of carboxylic acids is 1. The minimum absolute atomic E-state index is 0.248. The summed E-state index contributed by atoms with van der Waals surface area (Å²) in [6, 6.07) is 11.9. The van der Waals surface area contributed by atoms with Gasteiger partial charge >= 0.3 is 5.97 Å². The molecule has 0 aliphatic carbocycles. The number of hydrogen-bond acceptors (Lipinski definition) is 4. The van der Waals surface area contributed by atoms with Crippen molar-refractivity contribution in [3.05, 3.63) is 53.7 Å². The number of hydrogen-bond donors (Lipinski definition) is 1. The molecule has 1 aromatic carbocycles. The molecule has 0 aliphatic heterocycles. The molecule has 0 amide bonds. The van der Waals surface area contributed by atoms with E-state index < -0.39 is 5.97 Å². The molecule has 88 valence electrons. The van der Waals surface area contributed by atoms with Gasteiger partial charge in [-0.3, -0.25) is 0 Å². The fourth-order valence-electron chi connectivity index (χ4n) is 1.32. The minimum atomic E-state index is -0.948. The monoisotopic (exact) mass is 256 g/mol. The lowest BCUT2D eigenvalue weighted by Gasteiger charge is -2.01. The highest BCUT2D eigenvalue weighted by Crippen LogP contribution is 2.26. The van der Waals surface area contributed by atoms with E-state index in [0.29, 0.717) is 10.6 Å². The standard InChI is InChI=1S/C13H8N2O2S/c14-8-9-5-6-15-12(7-9)18-11-3-1-10(2-4-11)13(16)17/h1-7H,(H,16,17). The van der Waals surface area contributed by atoms with Crippen molar-refractivity contribution >= 4 is 17.7 Å². The van der Waals surface area contributed by atoms with Crippen LogP contribution in [0.1, 0.15) is 15.9 Å². The van der Waals surface area contributed by atoms with Gasteiger partial charge < -0.3 is 5.11 Å². The van der Waals surface area contributed by atoms with E-state index in [1.54, 1.807) is 42.6 Å². The normalized spacial score (nSPS) is 9.72. The zero-order valence-corrected chi connectivity index (χ0v) is 10.0. The summed E-state index contributed by atoms with van der Waals surface area (Å²) in [7, 11) is 0. The molecule has 0 spiro atoms. The maximum absolute atomic E-state index is 10.7. The number of nitriles is 1. The molecule has 5 heteroatoms. The average Bonchev–Trinajstić information content (AvgIpc) is 2.39. The van der Waals surface area contributed by atoms with Gasteiger partial charge in [-0.15, -0.1) is 0 Å². The third-order valence-corrected chi connectivity index (χ3v) is 3.13. The van der Waals surface area contributed by atoms with Gasteiger partial charge in [0.15, 0.2) is 0 Å². The Morgan fingerprint density at radius 2 is 2.00 bits per heavy atom. The maximum atomic E-state index is 10.7. The molecule has 18 heavy (non-hydrogen) atoms. The number of carboxylic acid groups (broad SMARTS) is 1. The highest BCUT2D eigenvalue weighted by molar-refractivity contribution is 7.99. The Kier molecular flexibility index (Phi) is 3.60. The third kappa shape index (κ3) is 2.87. The lowest BCUT2D eigenvalue weighted by Crippen LogP contribution is -1.94. The quantitative estimate of drug-likeness (QED) is 0.914. The molecule has 0 radical (unpaired) electrons. The van der Waals surface area contributed by atoms with E-state index in [0.717, 1.165) is 4.90 Å². The van der Waals surface area contributed by atoms with E-state index in [1.807, 2.05) is 6.07 Å². The van der Waals surface area contributed by atoms with Crippen molar-refractivity contribution in [1.82, 2.24) is 4.98 Å². The van der Waals surface area contributed by atoms with Gasteiger partial charge in [-0.25, -0.2) is 9.78 Å². The Balaban J connectivity index is 2.18. The first-order valence-electron chi connectivity index (χ1n) is 5.06. The molecule has 0 aliphatic rings. The predicted molar refractivity (Wildman–Crippen MR) is 66.5 cm³/mol. The Morgan fingerprint density at radius 3 is 2.61 bits per heavy atom. The number of rotatable bonds is 3. The molecule has 0 atom stereocenters. The van der Waals surface area contributed by atoms with Crippen LogP contribution < -0.4 is 0 Å². The first-order chi connectivity index (χ1) is 8.69. The van der Waals surface area contributed by atoms with Gasteiger partial charge in [0.2, 0.25) is 0 Å². The number of aromatic nitrogens is 1. The molecule has 1 N–H and O–H groups in total. The van der Waals surface area contributed by atoms with E-state index in [-0.39, 0.29) is 5.56 Å². The fraction of sp³-hybridized carbons (Fsp3) is 0. The number of carbonyl (C=O) groups is 1. The summed E-state index contributed by atoms with van der Waals surface area (Å²) in [5.41, 5.74) is 0.799. The topological polar surface area (TPSA) is 74.0 Å². The van der Waals surface area contributed by atoms with E-state index in [9.17, 15) is 4.79 Å². The molecule has 2 aromatic rings. The van der Waals surface area contributed by atoms with Crippen LogP contribution in [0.2, 0.25) is 0 Å². The second-order valence-corrected chi connectivity index (χ2v) is 4.52. The maximum Gasteiger partial charge on any atom is 0.335 e. The van der Waals surface area contributed by atoms with Gasteiger partial charge in [0.1, 0.15) is 5.03 Å². The van der Waals surface area contributed by atoms with Crippen LogP contribution >= 0.6 is 11.8 Å². The van der Waals surface area contributed by atoms with Crippen LogP contribution in [0.4, 0.5) is 0 Å². The molecular weight excluding hydrogens is 248 g/mol. The van der Waals surface area contributed by atoms with Crippen LogP contribution in [0.15, 0.2) is 52.5 Å². The molecule has 0 unspecified atom stereocenters. The number of aromatic carboxylic acids is 1. The van der Waals surface area contributed by atoms with Gasteiger partial charge in [-0.2, -0.15) is 5.26 Å². The van der Waals surface area contributed by atoms with Crippen LogP contribution in [0.5, 0.6) is 0 Å². The molecule has 1 aromatic heterocycles. The zero-order valence-electron chi connectivity index (χ0n) is 9.20. The van der Waals surface area contributed by atoms with Gasteiger partial charge in [-0.1, -0.05) is 11.8 Å². The molecule has 0 saturated carbocycles. The highest BCUT2D eigenvalue weighted by atomic mass is 32.2. The minimum Gasteiger partial charge on any atom is -0.478 e. The fourth-order valence-corrected chi connectivity index (χ4v) is 2.13. The Hall–Kier alpha value is -2.32. The lowest BCUT2D eigenvalue weighted by molar-refractivity contribution is 0.0697. The van der Waals surface area contributed by atoms with Crippen LogP contribution in [-0.4, -0.2) is 16.1 Å². The number of nitrogens with zero attached hydrogens (tertiary/aromatic N) is 2. The molecule has 0 fully saturated rings. The van der Waals surface area contributed by atoms with Crippen LogP contribution in [0, 0.1) is 11.3 Å². The second kappa shape index (κ2) is 5.34. The summed E-state index contributed by atoms with van der Waals surface area (Å²) in [4.78, 5) is 15.7. The highest BCUT2D eigenvalue weighted by Gasteiger charge is 2.04. The Bertz CT molecular complexity index is 618. The third-order valence-electron chi connectivity index (χ3n) is 2.19. The SMILES string of the molecule is N#Cc1ccnc(Sc2ccc(C(=O)O)cc2)c1. The van der Waals surface area contributed by atoms with Gasteiger partial charge in [0.05, 0.1) is 17.2 Å². The van der Waals surface area contributed by atoms with E-state index in [1.165, 1.54) is 11.8 Å². The molecule has 1 heterocycles. The van der Waals surface area contributed by atoms with Crippen LogP contribution in [-0.2, 0) is 0 Å². The lowest BCUT2D eigenvalue weighted by atomic mass is 10.2. The molecule has 0 bridgehead atoms. The summed E-state index contributed by atoms with van der Waals surface area (Å²) >= 11 is 1.38. The van der Waals surface area contributed by atoms with Gasteiger partial charge in [0, 0.05) is 11.1 Å². The molecule has 0 saturated heterocycles. The van der Waals surface area contributed by atoms with Crippen molar-refractivity contribution in [1.29, 1.82) is 5.26 Å². The number of benzene rings is 1. The zero-order chi connectivity index (χ0) is 13.0. The summed E-state index contributed by atoms with van der Waals surface area (Å²) in [6.45, 7) is 0. The van der Waals surface area contributed by atoms with Crippen molar-refractivity contribution in [3.63, 3.8) is 0 Å². The first-order valence-corrected chi connectivity index (χ1v) is 5.88. The van der Waals surface area contributed by atoms with E-state index in [2.05, 4.69) is 4.98 Å². The smallest absolute Gasteiger partial charge is 0.335 e. The van der Waals surface area contributed by atoms with Crippen molar-refractivity contribution in [2.45, 2.75) is 9.92 Å². The van der Waals surface area contributed by atoms with Crippen molar-refractivity contribution in [2.24, 2.45) is 0 Å². The van der Waals surface area contributed by atoms with Crippen molar-refractivity contribution in [2.75, 3.05) is 0 Å². The summed E-state index contributed by atoms with van der Waals surface area (Å²) < 4.78 is 0. The largest absolute Gasteiger partial charge is 0.478 e. The van der Waals surface area contributed by atoms with E-state index >= 15 is 0 Å². The van der Waals surface area contributed by atoms with Crippen molar-refractivity contribution in [3.8, 4) is 6.07 Å². The predicted octanol–water partition coefficient (Wildman–Crippen LogP) is 2.80. The molecule has 4 nitrogen and oxygen atoms in total. The summed E-state index contributed by atoms with van der Waals surface area (Å²) in [6.07, 6.45) is 1.58. The second-order valence-electron chi connectivity index (χ2n) is 3.43. The summed E-state index contributed by atoms with van der Waals surface area (Å²) in [5, 5.41) is 18.3. The molecular formula is C13H8N2O2S. The Morgan fingerprint density at radius 1 is 1.28 bits per heavy atom.